The van der Waals surface area contributed by atoms with Crippen LogP contribution in [0.1, 0.15) is 18.4 Å². The number of piperidine rings is 1. The third-order valence-corrected chi connectivity index (χ3v) is 2.66. The first-order valence-electron chi connectivity index (χ1n) is 5.16. The van der Waals surface area contributed by atoms with Gasteiger partial charge in [-0.15, -0.1) is 12.4 Å². The molecule has 0 radical (unpaired) electrons. The Kier molecular flexibility index (Phi) is 4.79. The first-order chi connectivity index (χ1) is 6.86. The average molecular weight is 226 g/mol. The minimum absolute atomic E-state index is 0. The zero-order valence-electron chi connectivity index (χ0n) is 8.61. The molecule has 1 N–H and O–H groups in total. The molecule has 15 heavy (non-hydrogen) atoms. The number of halogens is 1. The van der Waals surface area contributed by atoms with Crippen LogP contribution in [0.3, 0.4) is 0 Å². The maximum absolute atomic E-state index is 11.5. The molecular weight excluding hydrogens is 210 g/mol. The summed E-state index contributed by atoms with van der Waals surface area (Å²) in [5.74, 6) is 0.361. The van der Waals surface area contributed by atoms with Crippen molar-refractivity contribution >= 4 is 18.2 Å². The van der Waals surface area contributed by atoms with E-state index in [0.29, 0.717) is 5.78 Å². The number of Topliss-reactive ketones (excluding diaryl/α,β-unsaturated/α-hetero) is 1. The molecule has 0 amide bonds. The lowest BCUT2D eigenvalue weighted by atomic mass is 9.97. The number of benzene rings is 1. The van der Waals surface area contributed by atoms with Crippen LogP contribution in [-0.2, 0) is 11.2 Å². The molecule has 1 unspecified atom stereocenters. The molecule has 82 valence electrons. The highest BCUT2D eigenvalue weighted by atomic mass is 35.5. The van der Waals surface area contributed by atoms with E-state index in [1.54, 1.807) is 0 Å². The van der Waals surface area contributed by atoms with Crippen molar-refractivity contribution < 1.29 is 4.79 Å². The SMILES string of the molecule is Cl.O=C1CCCNC1Cc1ccccc1. The summed E-state index contributed by atoms with van der Waals surface area (Å²) in [6.45, 7) is 0.975. The first kappa shape index (κ1) is 12.2. The molecule has 2 rings (SSSR count). The van der Waals surface area contributed by atoms with Gasteiger partial charge in [-0.25, -0.2) is 0 Å². The molecule has 1 fully saturated rings. The number of nitrogens with one attached hydrogen (secondary N) is 1. The van der Waals surface area contributed by atoms with E-state index in [1.165, 1.54) is 5.56 Å². The largest absolute Gasteiger partial charge is 0.307 e. The van der Waals surface area contributed by atoms with Gasteiger partial charge in [0.25, 0.3) is 0 Å². The Morgan fingerprint density at radius 2 is 2.00 bits per heavy atom. The summed E-state index contributed by atoms with van der Waals surface area (Å²) in [5, 5.41) is 3.27. The molecule has 1 aliphatic heterocycles. The van der Waals surface area contributed by atoms with Crippen molar-refractivity contribution in [3.05, 3.63) is 35.9 Å². The molecule has 0 aliphatic carbocycles. The number of rotatable bonds is 2. The van der Waals surface area contributed by atoms with Crippen molar-refractivity contribution in [3.8, 4) is 0 Å². The monoisotopic (exact) mass is 225 g/mol. The van der Waals surface area contributed by atoms with Crippen LogP contribution in [0.5, 0.6) is 0 Å². The summed E-state index contributed by atoms with van der Waals surface area (Å²) in [7, 11) is 0. The van der Waals surface area contributed by atoms with Gasteiger partial charge < -0.3 is 5.32 Å². The van der Waals surface area contributed by atoms with Crippen LogP contribution < -0.4 is 5.32 Å². The second-order valence-electron chi connectivity index (χ2n) is 3.77. The molecule has 0 aromatic heterocycles. The summed E-state index contributed by atoms with van der Waals surface area (Å²) in [5.41, 5.74) is 1.24. The summed E-state index contributed by atoms with van der Waals surface area (Å²) in [6, 6.07) is 10.2. The van der Waals surface area contributed by atoms with Crippen LogP contribution in [0.25, 0.3) is 0 Å². The van der Waals surface area contributed by atoms with E-state index < -0.39 is 0 Å². The molecule has 1 atom stereocenters. The highest BCUT2D eigenvalue weighted by Gasteiger charge is 2.21. The van der Waals surface area contributed by atoms with Crippen molar-refractivity contribution in [2.45, 2.75) is 25.3 Å². The summed E-state index contributed by atoms with van der Waals surface area (Å²) in [6.07, 6.45) is 2.56. The summed E-state index contributed by atoms with van der Waals surface area (Å²) >= 11 is 0. The third kappa shape index (κ3) is 3.33. The lowest BCUT2D eigenvalue weighted by Gasteiger charge is -2.22. The quantitative estimate of drug-likeness (QED) is 0.834. The molecular formula is C12H16ClNO. The van der Waals surface area contributed by atoms with E-state index in [0.717, 1.165) is 25.8 Å². The molecule has 1 heterocycles. The van der Waals surface area contributed by atoms with Gasteiger partial charge in [-0.1, -0.05) is 30.3 Å². The highest BCUT2D eigenvalue weighted by Crippen LogP contribution is 2.09. The molecule has 1 saturated heterocycles. The molecule has 1 aromatic carbocycles. The standard InChI is InChI=1S/C12H15NO.ClH/c14-12-7-4-8-13-11(12)9-10-5-2-1-3-6-10;/h1-3,5-6,11,13H,4,7-9H2;1H. The third-order valence-electron chi connectivity index (χ3n) is 2.66. The van der Waals surface area contributed by atoms with Crippen LogP contribution in [0, 0.1) is 0 Å². The lowest BCUT2D eigenvalue weighted by molar-refractivity contribution is -0.122. The minimum atomic E-state index is 0. The van der Waals surface area contributed by atoms with Crippen molar-refractivity contribution in [2.24, 2.45) is 0 Å². The molecule has 0 saturated carbocycles. The Bertz CT molecular complexity index is 313. The molecule has 1 aromatic rings. The van der Waals surface area contributed by atoms with E-state index in [2.05, 4.69) is 17.4 Å². The number of hydrogen-bond donors (Lipinski definition) is 1. The van der Waals surface area contributed by atoms with Gasteiger partial charge in [-0.3, -0.25) is 4.79 Å². The van der Waals surface area contributed by atoms with Gasteiger partial charge in [0.2, 0.25) is 0 Å². The number of hydrogen-bond acceptors (Lipinski definition) is 2. The topological polar surface area (TPSA) is 29.1 Å². The lowest BCUT2D eigenvalue weighted by Crippen LogP contribution is -2.43. The van der Waals surface area contributed by atoms with E-state index >= 15 is 0 Å². The van der Waals surface area contributed by atoms with Crippen LogP contribution in [-0.4, -0.2) is 18.4 Å². The minimum Gasteiger partial charge on any atom is -0.307 e. The maximum Gasteiger partial charge on any atom is 0.150 e. The zero-order valence-corrected chi connectivity index (χ0v) is 9.43. The Balaban J connectivity index is 0.00000112. The normalized spacial score (nSPS) is 20.8. The smallest absolute Gasteiger partial charge is 0.150 e. The fourth-order valence-electron chi connectivity index (χ4n) is 1.86. The second-order valence-corrected chi connectivity index (χ2v) is 3.77. The van der Waals surface area contributed by atoms with Gasteiger partial charge in [0.15, 0.2) is 0 Å². The number of carbonyl (C=O) groups is 1. The predicted octanol–water partition coefficient (Wildman–Crippen LogP) is 1.97. The zero-order chi connectivity index (χ0) is 9.80. The average Bonchev–Trinajstić information content (AvgIpc) is 2.23. The van der Waals surface area contributed by atoms with E-state index in [4.69, 9.17) is 0 Å². The van der Waals surface area contributed by atoms with Crippen LogP contribution >= 0.6 is 12.4 Å². The van der Waals surface area contributed by atoms with Crippen molar-refractivity contribution in [2.75, 3.05) is 6.54 Å². The fourth-order valence-corrected chi connectivity index (χ4v) is 1.86. The van der Waals surface area contributed by atoms with Crippen LogP contribution in [0.2, 0.25) is 0 Å². The molecule has 0 spiro atoms. The van der Waals surface area contributed by atoms with Crippen molar-refractivity contribution in [1.82, 2.24) is 5.32 Å². The Morgan fingerprint density at radius 1 is 1.27 bits per heavy atom. The number of ketones is 1. The summed E-state index contributed by atoms with van der Waals surface area (Å²) in [4.78, 5) is 11.5. The van der Waals surface area contributed by atoms with Crippen LogP contribution in [0.15, 0.2) is 30.3 Å². The Hall–Kier alpha value is -0.860. The molecule has 3 heteroatoms. The highest BCUT2D eigenvalue weighted by molar-refractivity contribution is 5.85. The fraction of sp³-hybridized carbons (Fsp3) is 0.417. The second kappa shape index (κ2) is 5.89. The van der Waals surface area contributed by atoms with Gasteiger partial charge in [0.05, 0.1) is 6.04 Å². The van der Waals surface area contributed by atoms with Gasteiger partial charge in [-0.2, -0.15) is 0 Å². The summed E-state index contributed by atoms with van der Waals surface area (Å²) < 4.78 is 0. The van der Waals surface area contributed by atoms with Crippen molar-refractivity contribution in [3.63, 3.8) is 0 Å². The van der Waals surface area contributed by atoms with E-state index in [1.807, 2.05) is 18.2 Å². The number of carbonyl (C=O) groups excluding carboxylic acids is 1. The van der Waals surface area contributed by atoms with Gasteiger partial charge >= 0.3 is 0 Å². The van der Waals surface area contributed by atoms with Gasteiger partial charge in [0, 0.05) is 6.42 Å². The molecule has 0 bridgehead atoms. The van der Waals surface area contributed by atoms with Gasteiger partial charge in [-0.05, 0) is 24.9 Å². The van der Waals surface area contributed by atoms with Gasteiger partial charge in [0.1, 0.15) is 5.78 Å². The van der Waals surface area contributed by atoms with E-state index in [-0.39, 0.29) is 18.4 Å². The van der Waals surface area contributed by atoms with Crippen LogP contribution in [0.4, 0.5) is 0 Å². The Morgan fingerprint density at radius 3 is 2.67 bits per heavy atom. The molecule has 2 nitrogen and oxygen atoms in total. The Labute approximate surface area is 96.5 Å². The maximum atomic E-state index is 11.5. The van der Waals surface area contributed by atoms with E-state index in [9.17, 15) is 4.79 Å². The first-order valence-corrected chi connectivity index (χ1v) is 5.16. The van der Waals surface area contributed by atoms with Crippen molar-refractivity contribution in [1.29, 1.82) is 0 Å². The predicted molar refractivity (Wildman–Crippen MR) is 63.4 cm³/mol. The molecule has 1 aliphatic rings.